The zero-order valence-corrected chi connectivity index (χ0v) is 10.6. The average Bonchev–Trinajstić information content (AvgIpc) is 2.19. The Morgan fingerprint density at radius 1 is 1.31 bits per heavy atom. The standard InChI is InChI=1S/C10H10BrClF3N/c11-8-6-7(10(13,14)15)2-3-9(8)16-5-1-4-12/h2-3,6,16H,1,4-5H2. The minimum atomic E-state index is -4.31. The van der Waals surface area contributed by atoms with Gasteiger partial charge in [-0.1, -0.05) is 0 Å². The van der Waals surface area contributed by atoms with E-state index in [1.165, 1.54) is 6.07 Å². The highest BCUT2D eigenvalue weighted by Gasteiger charge is 2.30. The fourth-order valence-corrected chi connectivity index (χ4v) is 1.78. The molecule has 0 aliphatic rings. The number of hydrogen-bond acceptors (Lipinski definition) is 1. The van der Waals surface area contributed by atoms with Gasteiger partial charge in [-0.25, -0.2) is 0 Å². The molecule has 1 N–H and O–H groups in total. The normalized spacial score (nSPS) is 11.6. The van der Waals surface area contributed by atoms with Crippen LogP contribution in [0.4, 0.5) is 18.9 Å². The third kappa shape index (κ3) is 3.87. The predicted octanol–water partition coefficient (Wildman–Crippen LogP) is 4.51. The van der Waals surface area contributed by atoms with Crippen LogP contribution in [0.3, 0.4) is 0 Å². The van der Waals surface area contributed by atoms with Crippen LogP contribution < -0.4 is 5.32 Å². The zero-order valence-electron chi connectivity index (χ0n) is 8.24. The molecule has 0 heterocycles. The quantitative estimate of drug-likeness (QED) is 0.636. The first kappa shape index (κ1) is 13.6. The first-order chi connectivity index (χ1) is 7.45. The molecule has 1 aromatic carbocycles. The minimum absolute atomic E-state index is 0.400. The summed E-state index contributed by atoms with van der Waals surface area (Å²) in [5.74, 6) is 0.519. The number of anilines is 1. The largest absolute Gasteiger partial charge is 0.416 e. The van der Waals surface area contributed by atoms with E-state index >= 15 is 0 Å². The van der Waals surface area contributed by atoms with E-state index in [0.717, 1.165) is 18.6 Å². The van der Waals surface area contributed by atoms with Gasteiger partial charge in [-0.15, -0.1) is 11.6 Å². The fourth-order valence-electron chi connectivity index (χ4n) is 1.12. The molecule has 0 aliphatic carbocycles. The van der Waals surface area contributed by atoms with Gasteiger partial charge in [0.05, 0.1) is 5.56 Å². The number of rotatable bonds is 4. The van der Waals surface area contributed by atoms with Crippen molar-refractivity contribution in [3.05, 3.63) is 28.2 Å². The van der Waals surface area contributed by atoms with Crippen molar-refractivity contribution in [2.75, 3.05) is 17.7 Å². The van der Waals surface area contributed by atoms with Crippen LogP contribution in [0.1, 0.15) is 12.0 Å². The third-order valence-electron chi connectivity index (χ3n) is 1.92. The van der Waals surface area contributed by atoms with Gasteiger partial charge in [0.2, 0.25) is 0 Å². The van der Waals surface area contributed by atoms with E-state index in [1.54, 1.807) is 0 Å². The average molecular weight is 317 g/mol. The van der Waals surface area contributed by atoms with Crippen LogP contribution in [0, 0.1) is 0 Å². The second-order valence-corrected chi connectivity index (χ2v) is 4.39. The van der Waals surface area contributed by atoms with E-state index in [4.69, 9.17) is 11.6 Å². The SMILES string of the molecule is FC(F)(F)c1ccc(NCCCCl)c(Br)c1. The van der Waals surface area contributed by atoms with Crippen LogP contribution in [-0.4, -0.2) is 12.4 Å². The molecule has 0 saturated heterocycles. The van der Waals surface area contributed by atoms with E-state index in [9.17, 15) is 13.2 Å². The van der Waals surface area contributed by atoms with Crippen LogP contribution in [0.5, 0.6) is 0 Å². The molecule has 1 rings (SSSR count). The molecule has 0 aliphatic heterocycles. The van der Waals surface area contributed by atoms with E-state index in [1.807, 2.05) is 0 Å². The lowest BCUT2D eigenvalue weighted by molar-refractivity contribution is -0.137. The molecule has 0 radical (unpaired) electrons. The van der Waals surface area contributed by atoms with Crippen molar-refractivity contribution in [1.82, 2.24) is 0 Å². The summed E-state index contributed by atoms with van der Waals surface area (Å²) in [6.45, 7) is 0.632. The van der Waals surface area contributed by atoms with Gasteiger partial charge in [0, 0.05) is 22.6 Å². The summed E-state index contributed by atoms with van der Waals surface area (Å²) in [7, 11) is 0. The summed E-state index contributed by atoms with van der Waals surface area (Å²) >= 11 is 8.59. The molecule has 0 amide bonds. The summed E-state index contributed by atoms with van der Waals surface area (Å²) in [5.41, 5.74) is -0.0274. The molecule has 6 heteroatoms. The van der Waals surface area contributed by atoms with Crippen molar-refractivity contribution in [3.8, 4) is 0 Å². The lowest BCUT2D eigenvalue weighted by Gasteiger charge is -2.11. The molecule has 0 spiro atoms. The summed E-state index contributed by atoms with van der Waals surface area (Å²) < 4.78 is 37.4. The van der Waals surface area contributed by atoms with Gasteiger partial charge in [0.1, 0.15) is 0 Å². The lowest BCUT2D eigenvalue weighted by atomic mass is 10.2. The molecule has 90 valence electrons. The monoisotopic (exact) mass is 315 g/mol. The number of hydrogen-bond donors (Lipinski definition) is 1. The highest BCUT2D eigenvalue weighted by Crippen LogP contribution is 2.33. The second-order valence-electron chi connectivity index (χ2n) is 3.16. The Bertz CT molecular complexity index is 354. The van der Waals surface area contributed by atoms with E-state index in [-0.39, 0.29) is 0 Å². The van der Waals surface area contributed by atoms with Crippen molar-refractivity contribution < 1.29 is 13.2 Å². The molecular weight excluding hydrogens is 306 g/mol. The lowest BCUT2D eigenvalue weighted by Crippen LogP contribution is -2.07. The first-order valence-corrected chi connectivity index (χ1v) is 5.94. The van der Waals surface area contributed by atoms with Gasteiger partial charge < -0.3 is 5.32 Å². The van der Waals surface area contributed by atoms with Crippen LogP contribution in [-0.2, 0) is 6.18 Å². The highest BCUT2D eigenvalue weighted by molar-refractivity contribution is 9.10. The van der Waals surface area contributed by atoms with Crippen molar-refractivity contribution in [3.63, 3.8) is 0 Å². The highest BCUT2D eigenvalue weighted by atomic mass is 79.9. The maximum absolute atomic E-state index is 12.3. The Balaban J connectivity index is 2.76. The molecule has 16 heavy (non-hydrogen) atoms. The Morgan fingerprint density at radius 2 is 2.00 bits per heavy atom. The van der Waals surface area contributed by atoms with Gasteiger partial charge in [0.25, 0.3) is 0 Å². The summed E-state index contributed by atoms with van der Waals surface area (Å²) in [6.07, 6.45) is -3.55. The Morgan fingerprint density at radius 3 is 2.50 bits per heavy atom. The van der Waals surface area contributed by atoms with Crippen molar-refractivity contribution in [2.24, 2.45) is 0 Å². The van der Waals surface area contributed by atoms with Crippen LogP contribution in [0.2, 0.25) is 0 Å². The van der Waals surface area contributed by atoms with Crippen LogP contribution in [0.15, 0.2) is 22.7 Å². The minimum Gasteiger partial charge on any atom is -0.384 e. The van der Waals surface area contributed by atoms with Crippen molar-refractivity contribution in [1.29, 1.82) is 0 Å². The van der Waals surface area contributed by atoms with E-state index in [0.29, 0.717) is 22.6 Å². The van der Waals surface area contributed by atoms with E-state index in [2.05, 4.69) is 21.2 Å². The fraction of sp³-hybridized carbons (Fsp3) is 0.400. The number of alkyl halides is 4. The Kier molecular flexibility index (Phi) is 4.92. The number of halogens is 5. The molecule has 0 atom stereocenters. The molecular formula is C10H10BrClF3N. The molecule has 0 saturated carbocycles. The molecule has 0 aromatic heterocycles. The van der Waals surface area contributed by atoms with Crippen LogP contribution >= 0.6 is 27.5 Å². The number of benzene rings is 1. The molecule has 1 aromatic rings. The van der Waals surface area contributed by atoms with Gasteiger partial charge in [0.15, 0.2) is 0 Å². The maximum Gasteiger partial charge on any atom is 0.416 e. The summed E-state index contributed by atoms with van der Waals surface area (Å²) in [6, 6.07) is 3.51. The predicted molar refractivity (Wildman–Crippen MR) is 63.0 cm³/mol. The third-order valence-corrected chi connectivity index (χ3v) is 2.85. The maximum atomic E-state index is 12.3. The van der Waals surface area contributed by atoms with E-state index < -0.39 is 11.7 Å². The smallest absolute Gasteiger partial charge is 0.384 e. The Hall–Kier alpha value is -0.420. The molecule has 0 fully saturated rings. The molecule has 0 unspecified atom stereocenters. The van der Waals surface area contributed by atoms with Gasteiger partial charge in [-0.3, -0.25) is 0 Å². The van der Waals surface area contributed by atoms with Crippen LogP contribution in [0.25, 0.3) is 0 Å². The van der Waals surface area contributed by atoms with Crippen molar-refractivity contribution in [2.45, 2.75) is 12.6 Å². The zero-order chi connectivity index (χ0) is 12.2. The topological polar surface area (TPSA) is 12.0 Å². The summed E-state index contributed by atoms with van der Waals surface area (Å²) in [4.78, 5) is 0. The van der Waals surface area contributed by atoms with Gasteiger partial charge in [-0.05, 0) is 40.5 Å². The Labute approximate surface area is 105 Å². The van der Waals surface area contributed by atoms with Gasteiger partial charge >= 0.3 is 6.18 Å². The molecule has 1 nitrogen and oxygen atoms in total. The number of nitrogens with one attached hydrogen (secondary N) is 1. The molecule has 0 bridgehead atoms. The summed E-state index contributed by atoms with van der Waals surface area (Å²) in [5, 5.41) is 2.99. The van der Waals surface area contributed by atoms with Crippen molar-refractivity contribution >= 4 is 33.2 Å². The first-order valence-electron chi connectivity index (χ1n) is 4.61. The second kappa shape index (κ2) is 5.77. The van der Waals surface area contributed by atoms with Gasteiger partial charge in [-0.2, -0.15) is 13.2 Å².